The molecule has 0 atom stereocenters. The SMILES string of the molecule is C/C(=N\O)c1ccc(F)cc1-c1ccccc1. The van der Waals surface area contributed by atoms with Gasteiger partial charge in [0, 0.05) is 5.56 Å². The fourth-order valence-corrected chi connectivity index (χ4v) is 1.74. The van der Waals surface area contributed by atoms with Crippen molar-refractivity contribution in [3.05, 3.63) is 59.9 Å². The molecule has 0 spiro atoms. The zero-order valence-electron chi connectivity index (χ0n) is 9.39. The Bertz CT molecular complexity index is 549. The summed E-state index contributed by atoms with van der Waals surface area (Å²) in [6.07, 6.45) is 0. The van der Waals surface area contributed by atoms with Crippen molar-refractivity contribution < 1.29 is 9.60 Å². The summed E-state index contributed by atoms with van der Waals surface area (Å²) in [5.74, 6) is -0.307. The predicted molar refractivity (Wildman–Crippen MR) is 65.8 cm³/mol. The van der Waals surface area contributed by atoms with Gasteiger partial charge in [0.25, 0.3) is 0 Å². The van der Waals surface area contributed by atoms with E-state index in [0.717, 1.165) is 16.7 Å². The van der Waals surface area contributed by atoms with E-state index in [4.69, 9.17) is 5.21 Å². The van der Waals surface area contributed by atoms with Gasteiger partial charge in [-0.05, 0) is 36.2 Å². The van der Waals surface area contributed by atoms with E-state index in [2.05, 4.69) is 5.16 Å². The first-order chi connectivity index (χ1) is 8.22. The summed E-state index contributed by atoms with van der Waals surface area (Å²) in [4.78, 5) is 0. The highest BCUT2D eigenvalue weighted by atomic mass is 19.1. The second-order valence-corrected chi connectivity index (χ2v) is 3.74. The average Bonchev–Trinajstić information content (AvgIpc) is 2.39. The zero-order valence-corrected chi connectivity index (χ0v) is 9.39. The van der Waals surface area contributed by atoms with Gasteiger partial charge in [0.2, 0.25) is 0 Å². The second-order valence-electron chi connectivity index (χ2n) is 3.74. The minimum atomic E-state index is -0.307. The molecule has 2 rings (SSSR count). The molecule has 0 bridgehead atoms. The highest BCUT2D eigenvalue weighted by Gasteiger charge is 2.09. The molecule has 0 aliphatic rings. The van der Waals surface area contributed by atoms with Gasteiger partial charge in [0.1, 0.15) is 5.82 Å². The summed E-state index contributed by atoms with van der Waals surface area (Å²) in [6.45, 7) is 1.68. The molecule has 0 aliphatic heterocycles. The van der Waals surface area contributed by atoms with Gasteiger partial charge in [0.15, 0.2) is 0 Å². The number of oxime groups is 1. The number of halogens is 1. The molecule has 0 unspecified atom stereocenters. The monoisotopic (exact) mass is 229 g/mol. The molecule has 0 fully saturated rings. The van der Waals surface area contributed by atoms with E-state index in [1.54, 1.807) is 13.0 Å². The molecule has 0 aromatic heterocycles. The lowest BCUT2D eigenvalue weighted by molar-refractivity contribution is 0.319. The standard InChI is InChI=1S/C14H12FNO/c1-10(16-17)13-8-7-12(15)9-14(13)11-5-3-2-4-6-11/h2-9,17H,1H3/b16-10+. The third-order valence-electron chi connectivity index (χ3n) is 2.61. The molecular formula is C14H12FNO. The normalized spacial score (nSPS) is 11.5. The van der Waals surface area contributed by atoms with Gasteiger partial charge in [-0.1, -0.05) is 35.5 Å². The molecule has 0 saturated heterocycles. The van der Waals surface area contributed by atoms with Crippen molar-refractivity contribution in [1.29, 1.82) is 0 Å². The van der Waals surface area contributed by atoms with Crippen LogP contribution >= 0.6 is 0 Å². The lowest BCUT2D eigenvalue weighted by Crippen LogP contribution is -1.98. The maximum Gasteiger partial charge on any atom is 0.123 e. The van der Waals surface area contributed by atoms with Crippen molar-refractivity contribution in [2.45, 2.75) is 6.92 Å². The van der Waals surface area contributed by atoms with Crippen LogP contribution in [0.2, 0.25) is 0 Å². The van der Waals surface area contributed by atoms with Crippen LogP contribution in [0.1, 0.15) is 12.5 Å². The minimum absolute atomic E-state index is 0.307. The smallest absolute Gasteiger partial charge is 0.123 e. The van der Waals surface area contributed by atoms with Gasteiger partial charge in [-0.2, -0.15) is 0 Å². The molecule has 0 radical (unpaired) electrons. The third kappa shape index (κ3) is 2.33. The topological polar surface area (TPSA) is 32.6 Å². The van der Waals surface area contributed by atoms with Crippen LogP contribution in [0, 0.1) is 5.82 Å². The summed E-state index contributed by atoms with van der Waals surface area (Å²) < 4.78 is 13.3. The number of benzene rings is 2. The number of rotatable bonds is 2. The van der Waals surface area contributed by atoms with Gasteiger partial charge in [-0.3, -0.25) is 0 Å². The summed E-state index contributed by atoms with van der Waals surface area (Å²) in [6, 6.07) is 13.9. The fourth-order valence-electron chi connectivity index (χ4n) is 1.74. The predicted octanol–water partition coefficient (Wildman–Crippen LogP) is 3.69. The van der Waals surface area contributed by atoms with Crippen molar-refractivity contribution in [3.63, 3.8) is 0 Å². The van der Waals surface area contributed by atoms with Crippen LogP contribution < -0.4 is 0 Å². The summed E-state index contributed by atoms with van der Waals surface area (Å²) in [7, 11) is 0. The Kier molecular flexibility index (Phi) is 3.19. The van der Waals surface area contributed by atoms with Crippen LogP contribution in [0.3, 0.4) is 0 Å². The summed E-state index contributed by atoms with van der Waals surface area (Å²) in [5, 5.41) is 12.0. The zero-order chi connectivity index (χ0) is 12.3. The Labute approximate surface area is 99.0 Å². The first-order valence-corrected chi connectivity index (χ1v) is 5.26. The van der Waals surface area contributed by atoms with Gasteiger partial charge in [0.05, 0.1) is 5.71 Å². The van der Waals surface area contributed by atoms with E-state index in [0.29, 0.717) is 5.71 Å². The maximum atomic E-state index is 13.3. The van der Waals surface area contributed by atoms with Crippen LogP contribution in [0.4, 0.5) is 4.39 Å². The Hall–Kier alpha value is -2.16. The van der Waals surface area contributed by atoms with E-state index >= 15 is 0 Å². The Morgan fingerprint density at radius 3 is 2.47 bits per heavy atom. The fraction of sp³-hybridized carbons (Fsp3) is 0.0714. The van der Waals surface area contributed by atoms with E-state index in [9.17, 15) is 4.39 Å². The second kappa shape index (κ2) is 4.78. The first kappa shape index (κ1) is 11.3. The summed E-state index contributed by atoms with van der Waals surface area (Å²) >= 11 is 0. The van der Waals surface area contributed by atoms with Crippen LogP contribution in [0.25, 0.3) is 11.1 Å². The van der Waals surface area contributed by atoms with Crippen molar-refractivity contribution in [3.8, 4) is 11.1 Å². The van der Waals surface area contributed by atoms with Crippen molar-refractivity contribution in [2.75, 3.05) is 0 Å². The van der Waals surface area contributed by atoms with Gasteiger partial charge in [-0.25, -0.2) is 4.39 Å². The molecule has 1 N–H and O–H groups in total. The Morgan fingerprint density at radius 1 is 1.12 bits per heavy atom. The van der Waals surface area contributed by atoms with Gasteiger partial charge >= 0.3 is 0 Å². The molecule has 0 heterocycles. The molecule has 17 heavy (non-hydrogen) atoms. The molecule has 0 amide bonds. The maximum absolute atomic E-state index is 13.3. The van der Waals surface area contributed by atoms with Gasteiger partial charge in [-0.15, -0.1) is 0 Å². The third-order valence-corrected chi connectivity index (χ3v) is 2.61. The highest BCUT2D eigenvalue weighted by molar-refractivity contribution is 6.04. The van der Waals surface area contributed by atoms with Gasteiger partial charge < -0.3 is 5.21 Å². The molecule has 2 aromatic rings. The molecule has 2 aromatic carbocycles. The average molecular weight is 229 g/mol. The van der Waals surface area contributed by atoms with E-state index < -0.39 is 0 Å². The Morgan fingerprint density at radius 2 is 1.82 bits per heavy atom. The van der Waals surface area contributed by atoms with Crippen molar-refractivity contribution >= 4 is 5.71 Å². The van der Waals surface area contributed by atoms with Crippen LogP contribution in [-0.2, 0) is 0 Å². The van der Waals surface area contributed by atoms with Crippen LogP contribution in [-0.4, -0.2) is 10.9 Å². The van der Waals surface area contributed by atoms with Crippen LogP contribution in [0.15, 0.2) is 53.7 Å². The van der Waals surface area contributed by atoms with E-state index in [-0.39, 0.29) is 5.82 Å². The van der Waals surface area contributed by atoms with Crippen molar-refractivity contribution in [1.82, 2.24) is 0 Å². The lowest BCUT2D eigenvalue weighted by Gasteiger charge is -2.08. The van der Waals surface area contributed by atoms with Crippen molar-refractivity contribution in [2.24, 2.45) is 5.16 Å². The first-order valence-electron chi connectivity index (χ1n) is 5.26. The largest absolute Gasteiger partial charge is 0.411 e. The minimum Gasteiger partial charge on any atom is -0.411 e. The number of hydrogen-bond donors (Lipinski definition) is 1. The molecule has 2 nitrogen and oxygen atoms in total. The highest BCUT2D eigenvalue weighted by Crippen LogP contribution is 2.25. The molecule has 86 valence electrons. The number of nitrogens with zero attached hydrogens (tertiary/aromatic N) is 1. The van der Waals surface area contributed by atoms with E-state index in [1.165, 1.54) is 12.1 Å². The van der Waals surface area contributed by atoms with E-state index in [1.807, 2.05) is 30.3 Å². The number of hydrogen-bond acceptors (Lipinski definition) is 2. The van der Waals surface area contributed by atoms with Crippen LogP contribution in [0.5, 0.6) is 0 Å². The quantitative estimate of drug-likeness (QED) is 0.475. The lowest BCUT2D eigenvalue weighted by atomic mass is 9.97. The Balaban J connectivity index is 2.63. The molecular weight excluding hydrogens is 217 g/mol. The molecule has 0 saturated carbocycles. The summed E-state index contributed by atoms with van der Waals surface area (Å²) in [5.41, 5.74) is 2.80. The molecule has 3 heteroatoms. The molecule has 0 aliphatic carbocycles.